The molecule has 0 fully saturated rings. The van der Waals surface area contributed by atoms with Crippen LogP contribution in [0.3, 0.4) is 0 Å². The second-order valence-corrected chi connectivity index (χ2v) is 8.97. The van der Waals surface area contributed by atoms with Crippen LogP contribution in [0.5, 0.6) is 5.75 Å². The van der Waals surface area contributed by atoms with E-state index in [1.165, 1.54) is 47.0 Å². The average molecular weight is 420 g/mol. The fraction of sp³-hybridized carbons (Fsp3) is 0.438. The van der Waals surface area contributed by atoms with Crippen LogP contribution in [0.15, 0.2) is 32.9 Å². The number of hydrogen-bond acceptors (Lipinski definition) is 7. The smallest absolute Gasteiger partial charge is 0.387 e. The predicted octanol–water partition coefficient (Wildman–Crippen LogP) is 4.61. The molecule has 1 unspecified atom stereocenters. The van der Waals surface area contributed by atoms with Gasteiger partial charge in [0.2, 0.25) is 5.91 Å². The van der Waals surface area contributed by atoms with Crippen molar-refractivity contribution in [1.29, 1.82) is 0 Å². The number of hydrogen-bond donors (Lipinski definition) is 1. The minimum absolute atomic E-state index is 0.0132. The normalized spacial score (nSPS) is 12.2. The van der Waals surface area contributed by atoms with Gasteiger partial charge in [0.25, 0.3) is 0 Å². The van der Waals surface area contributed by atoms with Crippen molar-refractivity contribution in [3.63, 3.8) is 0 Å². The minimum Gasteiger partial charge on any atom is -0.435 e. The molecule has 0 aliphatic carbocycles. The fourth-order valence-corrected chi connectivity index (χ4v) is 5.01. The van der Waals surface area contributed by atoms with E-state index >= 15 is 0 Å². The number of nitrogens with one attached hydrogen (secondary N) is 1. The van der Waals surface area contributed by atoms with E-state index in [4.69, 9.17) is 0 Å². The highest BCUT2D eigenvalue weighted by molar-refractivity contribution is 8.03. The van der Waals surface area contributed by atoms with Crippen LogP contribution in [0.4, 0.5) is 8.78 Å². The molecule has 0 saturated heterocycles. The van der Waals surface area contributed by atoms with Gasteiger partial charge in [0.15, 0.2) is 8.68 Å². The van der Waals surface area contributed by atoms with Gasteiger partial charge in [-0.25, -0.2) is 0 Å². The summed E-state index contributed by atoms with van der Waals surface area (Å²) in [4.78, 5) is 11.6. The summed E-state index contributed by atoms with van der Waals surface area (Å²) in [6.07, 6.45) is 0.906. The lowest BCUT2D eigenvalue weighted by molar-refractivity contribution is -0.118. The molecule has 2 rings (SSSR count). The van der Waals surface area contributed by atoms with E-state index in [9.17, 15) is 13.6 Å². The Morgan fingerprint density at radius 1 is 1.27 bits per heavy atom. The van der Waals surface area contributed by atoms with Gasteiger partial charge in [-0.3, -0.25) is 4.79 Å². The van der Waals surface area contributed by atoms with E-state index in [-0.39, 0.29) is 16.9 Å². The number of amides is 1. The molecule has 1 aromatic heterocycles. The van der Waals surface area contributed by atoms with Gasteiger partial charge in [0.05, 0.1) is 5.75 Å². The quantitative estimate of drug-likeness (QED) is 0.568. The first-order valence-electron chi connectivity index (χ1n) is 7.92. The third-order valence-corrected chi connectivity index (χ3v) is 6.44. The summed E-state index contributed by atoms with van der Waals surface area (Å²) in [7, 11) is 0. The number of halogens is 2. The maximum atomic E-state index is 12.2. The van der Waals surface area contributed by atoms with Gasteiger partial charge in [0, 0.05) is 11.8 Å². The maximum absolute atomic E-state index is 12.2. The van der Waals surface area contributed by atoms with Crippen molar-refractivity contribution < 1.29 is 18.3 Å². The highest BCUT2D eigenvalue weighted by Crippen LogP contribution is 2.38. The van der Waals surface area contributed by atoms with Gasteiger partial charge in [-0.05, 0) is 31.0 Å². The first kappa shape index (κ1) is 20.9. The number of benzene rings is 1. The molecule has 10 heteroatoms. The van der Waals surface area contributed by atoms with Gasteiger partial charge in [0.1, 0.15) is 5.75 Å². The number of alkyl halides is 2. The molecule has 2 aromatic rings. The lowest BCUT2D eigenvalue weighted by Gasteiger charge is -2.10. The van der Waals surface area contributed by atoms with Gasteiger partial charge >= 0.3 is 6.61 Å². The van der Waals surface area contributed by atoms with Crippen molar-refractivity contribution in [2.24, 2.45) is 0 Å². The van der Waals surface area contributed by atoms with Crippen LogP contribution < -0.4 is 10.1 Å². The topological polar surface area (TPSA) is 64.1 Å². The van der Waals surface area contributed by atoms with Crippen molar-refractivity contribution in [2.45, 2.75) is 40.8 Å². The molecule has 5 nitrogen and oxygen atoms in total. The van der Waals surface area contributed by atoms with Crippen LogP contribution in [0.25, 0.3) is 0 Å². The van der Waals surface area contributed by atoms with E-state index in [2.05, 4.69) is 20.3 Å². The second-order valence-electron chi connectivity index (χ2n) is 5.18. The summed E-state index contributed by atoms with van der Waals surface area (Å²) in [5, 5.41) is 11.1. The molecular weight excluding hydrogens is 400 g/mol. The van der Waals surface area contributed by atoms with Crippen LogP contribution >= 0.6 is 34.9 Å². The Kier molecular flexibility index (Phi) is 8.60. The van der Waals surface area contributed by atoms with Crippen molar-refractivity contribution in [3.8, 4) is 5.75 Å². The third-order valence-electron chi connectivity index (χ3n) is 3.14. The summed E-state index contributed by atoms with van der Waals surface area (Å²) in [5.41, 5.74) is 0.972. The Bertz CT molecular complexity index is 698. The zero-order chi connectivity index (χ0) is 18.9. The number of ether oxygens (including phenoxy) is 1. The van der Waals surface area contributed by atoms with Gasteiger partial charge < -0.3 is 10.1 Å². The maximum Gasteiger partial charge on any atom is 0.387 e. The molecule has 142 valence electrons. The molecule has 1 N–H and O–H groups in total. The second kappa shape index (κ2) is 10.7. The van der Waals surface area contributed by atoms with E-state index in [0.717, 1.165) is 20.7 Å². The molecule has 0 saturated carbocycles. The zero-order valence-corrected chi connectivity index (χ0v) is 16.7. The summed E-state index contributed by atoms with van der Waals surface area (Å²) in [6.45, 7) is 1.85. The van der Waals surface area contributed by atoms with Crippen molar-refractivity contribution in [2.75, 3.05) is 12.3 Å². The summed E-state index contributed by atoms with van der Waals surface area (Å²) in [6, 6.07) is 6.55. The van der Waals surface area contributed by atoms with Gasteiger partial charge in [-0.1, -0.05) is 53.9 Å². The number of thioether (sulfide) groups is 2. The lowest BCUT2D eigenvalue weighted by Crippen LogP contribution is -2.25. The Balaban J connectivity index is 1.84. The van der Waals surface area contributed by atoms with E-state index in [0.29, 0.717) is 12.3 Å². The average Bonchev–Trinajstić information content (AvgIpc) is 3.05. The fourth-order valence-electron chi connectivity index (χ4n) is 1.89. The lowest BCUT2D eigenvalue weighted by atomic mass is 10.2. The SMILES string of the molecule is CCCNC(=O)CSc1nnc(SC(C)c2ccc(OC(F)F)cc2)s1. The summed E-state index contributed by atoms with van der Waals surface area (Å²) < 4.78 is 30.2. The number of aromatic nitrogens is 2. The first-order valence-corrected chi connectivity index (χ1v) is 10.6. The molecule has 1 aromatic carbocycles. The van der Waals surface area contributed by atoms with Crippen molar-refractivity contribution in [1.82, 2.24) is 15.5 Å². The van der Waals surface area contributed by atoms with Crippen molar-refractivity contribution in [3.05, 3.63) is 29.8 Å². The Morgan fingerprint density at radius 3 is 2.62 bits per heavy atom. The van der Waals surface area contributed by atoms with Crippen LogP contribution in [0, 0.1) is 0 Å². The first-order chi connectivity index (χ1) is 12.5. The zero-order valence-electron chi connectivity index (χ0n) is 14.3. The number of carbonyl (C=O) groups excluding carboxylic acids is 1. The van der Waals surface area contributed by atoms with E-state index < -0.39 is 6.61 Å². The Morgan fingerprint density at radius 2 is 1.96 bits per heavy atom. The molecule has 0 aliphatic heterocycles. The van der Waals surface area contributed by atoms with Gasteiger partial charge in [-0.2, -0.15) is 8.78 Å². The molecule has 1 atom stereocenters. The monoisotopic (exact) mass is 419 g/mol. The largest absolute Gasteiger partial charge is 0.435 e. The highest BCUT2D eigenvalue weighted by atomic mass is 32.2. The summed E-state index contributed by atoms with van der Waals surface area (Å²) in [5.74, 6) is 0.443. The molecule has 0 radical (unpaired) electrons. The highest BCUT2D eigenvalue weighted by Gasteiger charge is 2.13. The molecule has 0 bridgehead atoms. The van der Waals surface area contributed by atoms with Crippen LogP contribution in [0.2, 0.25) is 0 Å². The third kappa shape index (κ3) is 7.08. The molecular formula is C16H19F2N3O2S3. The molecule has 1 amide bonds. The number of rotatable bonds is 10. The van der Waals surface area contributed by atoms with Crippen LogP contribution in [-0.2, 0) is 4.79 Å². The number of carbonyl (C=O) groups is 1. The van der Waals surface area contributed by atoms with Crippen LogP contribution in [0.1, 0.15) is 31.1 Å². The molecule has 0 aliphatic rings. The van der Waals surface area contributed by atoms with E-state index in [1.54, 1.807) is 12.1 Å². The standard InChI is InChI=1S/C16H19F2N3O2S3/c1-3-8-19-13(22)9-24-15-20-21-16(26-15)25-10(2)11-4-6-12(7-5-11)23-14(17)18/h4-7,10,14H,3,8-9H2,1-2H3,(H,19,22). The minimum atomic E-state index is -2.82. The Hall–Kier alpha value is -1.39. The molecule has 26 heavy (non-hydrogen) atoms. The van der Waals surface area contributed by atoms with Crippen molar-refractivity contribution >= 4 is 40.8 Å². The van der Waals surface area contributed by atoms with E-state index in [1.807, 2.05) is 13.8 Å². The molecule has 0 spiro atoms. The number of nitrogens with zero attached hydrogens (tertiary/aromatic N) is 2. The Labute approximate surface area is 163 Å². The van der Waals surface area contributed by atoms with Gasteiger partial charge in [-0.15, -0.1) is 10.2 Å². The van der Waals surface area contributed by atoms with Crippen LogP contribution in [-0.4, -0.2) is 35.0 Å². The molecule has 1 heterocycles. The summed E-state index contributed by atoms with van der Waals surface area (Å²) >= 11 is 4.32. The predicted molar refractivity (Wildman–Crippen MR) is 101 cm³/mol.